The summed E-state index contributed by atoms with van der Waals surface area (Å²) >= 11 is 0. The molecular weight excluding hydrogens is 441 g/mol. The van der Waals surface area contributed by atoms with Gasteiger partial charge < -0.3 is 9.84 Å². The minimum atomic E-state index is -0.484. The van der Waals surface area contributed by atoms with Gasteiger partial charge in [-0.3, -0.25) is 4.90 Å². The number of aryl methyl sites for hydroxylation is 1. The maximum atomic E-state index is 13.8. The van der Waals surface area contributed by atoms with Crippen molar-refractivity contribution in [1.82, 2.24) is 14.7 Å². The van der Waals surface area contributed by atoms with E-state index in [1.165, 1.54) is 12.1 Å². The zero-order valence-electron chi connectivity index (χ0n) is 19.8. The van der Waals surface area contributed by atoms with Crippen molar-refractivity contribution in [1.29, 1.82) is 0 Å². The Morgan fingerprint density at radius 2 is 1.74 bits per heavy atom. The standard InChI is InChI=1S/C29H30FN3O2/c1-32-29(35-26-14-8-13-23(30)18-26)27(28(31-32)22-11-6-3-7-12-22)20-33(24-15-16-24)19-25(34)17-21-9-4-2-5-10-21/h2-14,18,24-25,34H,15-17,19-20H2,1H3/t25-/m0/s1. The molecule has 0 bridgehead atoms. The fourth-order valence-corrected chi connectivity index (χ4v) is 4.50. The minimum Gasteiger partial charge on any atom is -0.439 e. The second-order valence-corrected chi connectivity index (χ2v) is 9.19. The molecule has 0 saturated heterocycles. The van der Waals surface area contributed by atoms with Crippen LogP contribution in [0.25, 0.3) is 11.3 Å². The predicted octanol–water partition coefficient (Wildman–Crippen LogP) is 5.59. The van der Waals surface area contributed by atoms with Crippen LogP contribution in [0.15, 0.2) is 84.9 Å². The van der Waals surface area contributed by atoms with Crippen molar-refractivity contribution in [3.63, 3.8) is 0 Å². The number of halogens is 1. The van der Waals surface area contributed by atoms with Gasteiger partial charge in [-0.05, 0) is 37.0 Å². The van der Waals surface area contributed by atoms with E-state index < -0.39 is 6.10 Å². The van der Waals surface area contributed by atoms with Gasteiger partial charge in [0.1, 0.15) is 17.3 Å². The molecule has 3 aromatic carbocycles. The van der Waals surface area contributed by atoms with Crippen LogP contribution < -0.4 is 4.74 Å². The predicted molar refractivity (Wildman–Crippen MR) is 135 cm³/mol. The Hall–Kier alpha value is -3.48. The van der Waals surface area contributed by atoms with Crippen molar-refractivity contribution in [3.05, 3.63) is 102 Å². The molecule has 1 aromatic heterocycles. The van der Waals surface area contributed by atoms with E-state index in [0.717, 1.165) is 35.2 Å². The van der Waals surface area contributed by atoms with Crippen LogP contribution in [0.3, 0.4) is 0 Å². The average Bonchev–Trinajstić information content (AvgIpc) is 3.66. The fourth-order valence-electron chi connectivity index (χ4n) is 4.50. The summed E-state index contributed by atoms with van der Waals surface area (Å²) in [5, 5.41) is 15.7. The molecule has 0 aliphatic heterocycles. The molecule has 0 unspecified atom stereocenters. The van der Waals surface area contributed by atoms with Gasteiger partial charge in [0.2, 0.25) is 5.88 Å². The average molecular weight is 472 g/mol. The fraction of sp³-hybridized carbons (Fsp3) is 0.276. The summed E-state index contributed by atoms with van der Waals surface area (Å²) in [6.45, 7) is 1.14. The van der Waals surface area contributed by atoms with Crippen LogP contribution in [0.5, 0.6) is 11.6 Å². The highest BCUT2D eigenvalue weighted by molar-refractivity contribution is 5.65. The molecule has 4 aromatic rings. The third-order valence-corrected chi connectivity index (χ3v) is 6.33. The maximum absolute atomic E-state index is 13.8. The SMILES string of the molecule is Cn1nc(-c2ccccc2)c(CN(C[C@@H](O)Cc2ccccc2)C2CC2)c1Oc1cccc(F)c1. The number of ether oxygens (including phenoxy) is 1. The van der Waals surface area contributed by atoms with Crippen molar-refractivity contribution in [2.24, 2.45) is 7.05 Å². The molecule has 1 N–H and O–H groups in total. The first-order valence-corrected chi connectivity index (χ1v) is 12.1. The van der Waals surface area contributed by atoms with Gasteiger partial charge in [0.15, 0.2) is 0 Å². The van der Waals surface area contributed by atoms with E-state index in [-0.39, 0.29) is 5.82 Å². The molecule has 5 rings (SSSR count). The Balaban J connectivity index is 1.45. The Labute approximate surface area is 205 Å². The summed E-state index contributed by atoms with van der Waals surface area (Å²) in [5.41, 5.74) is 3.88. The van der Waals surface area contributed by atoms with E-state index in [0.29, 0.717) is 37.2 Å². The zero-order chi connectivity index (χ0) is 24.2. The number of nitrogens with zero attached hydrogens (tertiary/aromatic N) is 3. The number of hydrogen-bond donors (Lipinski definition) is 1. The summed E-state index contributed by atoms with van der Waals surface area (Å²) in [7, 11) is 1.84. The molecule has 180 valence electrons. The van der Waals surface area contributed by atoms with Gasteiger partial charge in [0.25, 0.3) is 0 Å². The summed E-state index contributed by atoms with van der Waals surface area (Å²) in [5.74, 6) is 0.659. The Bertz CT molecular complexity index is 1260. The summed E-state index contributed by atoms with van der Waals surface area (Å²) < 4.78 is 21.8. The molecule has 0 spiro atoms. The maximum Gasteiger partial charge on any atom is 0.222 e. The highest BCUT2D eigenvalue weighted by Gasteiger charge is 2.33. The molecule has 1 atom stereocenters. The number of hydrogen-bond acceptors (Lipinski definition) is 4. The smallest absolute Gasteiger partial charge is 0.222 e. The van der Waals surface area contributed by atoms with E-state index in [1.54, 1.807) is 16.8 Å². The van der Waals surface area contributed by atoms with Gasteiger partial charge >= 0.3 is 0 Å². The Morgan fingerprint density at radius 1 is 1.03 bits per heavy atom. The lowest BCUT2D eigenvalue weighted by molar-refractivity contribution is 0.104. The van der Waals surface area contributed by atoms with Crippen LogP contribution in [-0.4, -0.2) is 38.5 Å². The van der Waals surface area contributed by atoms with Crippen molar-refractivity contribution in [3.8, 4) is 22.9 Å². The summed E-state index contributed by atoms with van der Waals surface area (Å²) in [4.78, 5) is 2.33. The first kappa shape index (κ1) is 23.3. The van der Waals surface area contributed by atoms with Gasteiger partial charge in [0, 0.05) is 37.8 Å². The van der Waals surface area contributed by atoms with Crippen molar-refractivity contribution >= 4 is 0 Å². The molecule has 1 aliphatic carbocycles. The van der Waals surface area contributed by atoms with Crippen LogP contribution in [0, 0.1) is 5.82 Å². The van der Waals surface area contributed by atoms with Crippen LogP contribution in [0.4, 0.5) is 4.39 Å². The molecule has 1 fully saturated rings. The Kier molecular flexibility index (Phi) is 6.93. The lowest BCUT2D eigenvalue weighted by Crippen LogP contribution is -2.35. The molecule has 0 amide bonds. The van der Waals surface area contributed by atoms with Gasteiger partial charge in [-0.2, -0.15) is 5.10 Å². The minimum absolute atomic E-state index is 0.349. The zero-order valence-corrected chi connectivity index (χ0v) is 19.8. The van der Waals surface area contributed by atoms with Gasteiger partial charge in [-0.1, -0.05) is 66.7 Å². The van der Waals surface area contributed by atoms with Crippen LogP contribution in [0.2, 0.25) is 0 Å². The first-order valence-electron chi connectivity index (χ1n) is 12.1. The van der Waals surface area contributed by atoms with Gasteiger partial charge in [0.05, 0.1) is 11.7 Å². The number of aliphatic hydroxyl groups excluding tert-OH is 1. The molecule has 1 aliphatic rings. The van der Waals surface area contributed by atoms with Crippen LogP contribution in [-0.2, 0) is 20.0 Å². The molecule has 1 saturated carbocycles. The second-order valence-electron chi connectivity index (χ2n) is 9.19. The highest BCUT2D eigenvalue weighted by Crippen LogP contribution is 2.37. The second kappa shape index (κ2) is 10.4. The van der Waals surface area contributed by atoms with Crippen LogP contribution in [0.1, 0.15) is 24.0 Å². The monoisotopic (exact) mass is 471 g/mol. The van der Waals surface area contributed by atoms with Crippen LogP contribution >= 0.6 is 0 Å². The van der Waals surface area contributed by atoms with E-state index in [1.807, 2.05) is 67.7 Å². The third kappa shape index (κ3) is 5.78. The summed E-state index contributed by atoms with van der Waals surface area (Å²) in [6, 6.07) is 26.7. The largest absolute Gasteiger partial charge is 0.439 e. The molecule has 1 heterocycles. The number of aromatic nitrogens is 2. The summed E-state index contributed by atoms with van der Waals surface area (Å²) in [6.07, 6.45) is 2.34. The van der Waals surface area contributed by atoms with E-state index in [4.69, 9.17) is 9.84 Å². The molecule has 5 nitrogen and oxygen atoms in total. The van der Waals surface area contributed by atoms with Gasteiger partial charge in [-0.25, -0.2) is 9.07 Å². The number of rotatable bonds is 10. The molecule has 0 radical (unpaired) electrons. The molecule has 6 heteroatoms. The Morgan fingerprint density at radius 3 is 2.43 bits per heavy atom. The highest BCUT2D eigenvalue weighted by atomic mass is 19.1. The van der Waals surface area contributed by atoms with E-state index >= 15 is 0 Å². The number of aliphatic hydroxyl groups is 1. The molecule has 35 heavy (non-hydrogen) atoms. The third-order valence-electron chi connectivity index (χ3n) is 6.33. The quantitative estimate of drug-likeness (QED) is 0.328. The van der Waals surface area contributed by atoms with Gasteiger partial charge in [-0.15, -0.1) is 0 Å². The van der Waals surface area contributed by atoms with Crippen molar-refractivity contribution in [2.75, 3.05) is 6.54 Å². The first-order chi connectivity index (χ1) is 17.1. The normalized spacial score (nSPS) is 14.3. The topological polar surface area (TPSA) is 50.5 Å². The van der Waals surface area contributed by atoms with Crippen molar-refractivity contribution in [2.45, 2.75) is 38.0 Å². The van der Waals surface area contributed by atoms with Crippen molar-refractivity contribution < 1.29 is 14.2 Å². The lowest BCUT2D eigenvalue weighted by atomic mass is 10.1. The van der Waals surface area contributed by atoms with E-state index in [2.05, 4.69) is 4.90 Å². The van der Waals surface area contributed by atoms with E-state index in [9.17, 15) is 9.50 Å². The lowest BCUT2D eigenvalue weighted by Gasteiger charge is -2.25. The number of benzene rings is 3. The molecular formula is C29H30FN3O2.